The molecule has 1 aromatic rings. The van der Waals surface area contributed by atoms with Crippen LogP contribution in [0.5, 0.6) is 5.19 Å². The molecule has 0 N–H and O–H groups in total. The summed E-state index contributed by atoms with van der Waals surface area (Å²) in [7, 11) is -3.55. The van der Waals surface area contributed by atoms with E-state index < -0.39 is 10.1 Å². The first kappa shape index (κ1) is 12.2. The fraction of sp³-hybridized carbons (Fsp3) is 0.500. The first-order valence-corrected chi connectivity index (χ1v) is 7.16. The summed E-state index contributed by atoms with van der Waals surface area (Å²) in [4.78, 5) is 3.71. The SMILES string of the molecule is O=S(=O)(CCC(S)S)Oc1nccs1. The number of hydrogen-bond acceptors (Lipinski definition) is 7. The highest BCUT2D eigenvalue weighted by molar-refractivity contribution is 7.99. The average molecular weight is 271 g/mol. The minimum atomic E-state index is -3.55. The van der Waals surface area contributed by atoms with Crippen molar-refractivity contribution in [2.45, 2.75) is 11.0 Å². The van der Waals surface area contributed by atoms with Crippen molar-refractivity contribution >= 4 is 46.7 Å². The Balaban J connectivity index is 2.51. The molecule has 0 fully saturated rings. The van der Waals surface area contributed by atoms with E-state index in [1.807, 2.05) is 0 Å². The zero-order chi connectivity index (χ0) is 10.6. The molecule has 0 bridgehead atoms. The summed E-state index contributed by atoms with van der Waals surface area (Å²) in [5.74, 6) is -0.107. The maximum Gasteiger partial charge on any atom is 0.311 e. The van der Waals surface area contributed by atoms with Gasteiger partial charge in [-0.05, 0) is 6.42 Å². The second kappa shape index (κ2) is 5.24. The highest BCUT2D eigenvalue weighted by Gasteiger charge is 2.15. The zero-order valence-corrected chi connectivity index (χ0v) is 10.5. The van der Waals surface area contributed by atoms with E-state index in [1.54, 1.807) is 5.38 Å². The van der Waals surface area contributed by atoms with Crippen LogP contribution < -0.4 is 4.18 Å². The minimum absolute atomic E-state index is 0.107. The second-order valence-corrected chi connectivity index (χ2v) is 6.61. The van der Waals surface area contributed by atoms with E-state index in [4.69, 9.17) is 4.18 Å². The van der Waals surface area contributed by atoms with Crippen LogP contribution in [0.25, 0.3) is 0 Å². The van der Waals surface area contributed by atoms with Gasteiger partial charge in [0.05, 0.1) is 5.75 Å². The van der Waals surface area contributed by atoms with Crippen LogP contribution >= 0.6 is 36.6 Å². The molecule has 80 valence electrons. The van der Waals surface area contributed by atoms with Crippen LogP contribution in [0.4, 0.5) is 0 Å². The lowest BCUT2D eigenvalue weighted by Gasteiger charge is -2.04. The molecule has 0 unspecified atom stereocenters. The molecule has 4 nitrogen and oxygen atoms in total. The van der Waals surface area contributed by atoms with E-state index in [0.29, 0.717) is 6.42 Å². The van der Waals surface area contributed by atoms with Gasteiger partial charge >= 0.3 is 10.1 Å². The lowest BCUT2D eigenvalue weighted by atomic mass is 10.6. The van der Waals surface area contributed by atoms with Crippen molar-refractivity contribution in [2.24, 2.45) is 0 Å². The molecule has 0 spiro atoms. The van der Waals surface area contributed by atoms with Gasteiger partial charge in [0, 0.05) is 16.2 Å². The molecule has 0 amide bonds. The summed E-state index contributed by atoms with van der Waals surface area (Å²) < 4.78 is 27.0. The predicted octanol–water partition coefficient (Wildman–Crippen LogP) is 1.43. The van der Waals surface area contributed by atoms with Gasteiger partial charge in [0.25, 0.3) is 5.19 Å². The van der Waals surface area contributed by atoms with Crippen molar-refractivity contribution in [2.75, 3.05) is 5.75 Å². The van der Waals surface area contributed by atoms with Crippen LogP contribution in [0.1, 0.15) is 6.42 Å². The average Bonchev–Trinajstić information content (AvgIpc) is 2.53. The van der Waals surface area contributed by atoms with E-state index >= 15 is 0 Å². The Morgan fingerprint density at radius 1 is 1.57 bits per heavy atom. The van der Waals surface area contributed by atoms with Gasteiger partial charge in [0.15, 0.2) is 0 Å². The van der Waals surface area contributed by atoms with Crippen molar-refractivity contribution in [1.29, 1.82) is 0 Å². The zero-order valence-electron chi connectivity index (χ0n) is 7.03. The lowest BCUT2D eigenvalue weighted by molar-refractivity contribution is 0.483. The van der Waals surface area contributed by atoms with Gasteiger partial charge in [-0.1, -0.05) is 11.3 Å². The van der Waals surface area contributed by atoms with Gasteiger partial charge in [0.1, 0.15) is 0 Å². The fourth-order valence-corrected chi connectivity index (χ4v) is 2.96. The van der Waals surface area contributed by atoms with Gasteiger partial charge in [-0.2, -0.15) is 33.7 Å². The molecule has 0 aliphatic rings. The van der Waals surface area contributed by atoms with Crippen LogP contribution in [0.2, 0.25) is 0 Å². The maximum absolute atomic E-state index is 11.3. The van der Waals surface area contributed by atoms with Crippen LogP contribution in [0.3, 0.4) is 0 Å². The van der Waals surface area contributed by atoms with Crippen molar-refractivity contribution in [3.8, 4) is 5.19 Å². The number of nitrogens with zero attached hydrogens (tertiary/aromatic N) is 1. The molecular weight excluding hydrogens is 262 g/mol. The molecular formula is C6H9NO3S4. The van der Waals surface area contributed by atoms with Crippen LogP contribution in [0, 0.1) is 0 Å². The number of aromatic nitrogens is 1. The summed E-state index contributed by atoms with van der Waals surface area (Å²) in [6, 6.07) is 0. The minimum Gasteiger partial charge on any atom is -0.351 e. The van der Waals surface area contributed by atoms with Gasteiger partial charge < -0.3 is 4.18 Å². The summed E-state index contributed by atoms with van der Waals surface area (Å²) in [6.07, 6.45) is 1.81. The molecule has 0 aliphatic heterocycles. The number of thiol groups is 2. The summed E-state index contributed by atoms with van der Waals surface area (Å²) in [5.41, 5.74) is 0. The van der Waals surface area contributed by atoms with E-state index in [9.17, 15) is 8.42 Å². The molecule has 1 heterocycles. The van der Waals surface area contributed by atoms with E-state index in [1.165, 1.54) is 6.20 Å². The summed E-state index contributed by atoms with van der Waals surface area (Å²) >= 11 is 9.04. The van der Waals surface area contributed by atoms with Crippen LogP contribution in [-0.4, -0.2) is 23.7 Å². The predicted molar refractivity (Wildman–Crippen MR) is 62.9 cm³/mol. The third kappa shape index (κ3) is 4.54. The third-order valence-electron chi connectivity index (χ3n) is 1.23. The lowest BCUT2D eigenvalue weighted by Crippen LogP contribution is -2.15. The van der Waals surface area contributed by atoms with Crippen molar-refractivity contribution in [3.05, 3.63) is 11.6 Å². The summed E-state index contributed by atoms with van der Waals surface area (Å²) in [6.45, 7) is 0. The van der Waals surface area contributed by atoms with Crippen molar-refractivity contribution in [3.63, 3.8) is 0 Å². The first-order valence-electron chi connectivity index (χ1n) is 3.67. The highest BCUT2D eigenvalue weighted by atomic mass is 32.2. The largest absolute Gasteiger partial charge is 0.351 e. The Morgan fingerprint density at radius 3 is 2.79 bits per heavy atom. The van der Waals surface area contributed by atoms with Crippen molar-refractivity contribution < 1.29 is 12.6 Å². The first-order chi connectivity index (χ1) is 6.49. The topological polar surface area (TPSA) is 56.3 Å². The molecule has 0 atom stereocenters. The Labute approximate surface area is 97.6 Å². The summed E-state index contributed by atoms with van der Waals surface area (Å²) in [5, 5.41) is 1.78. The number of rotatable bonds is 5. The van der Waals surface area contributed by atoms with E-state index in [-0.39, 0.29) is 15.5 Å². The Bertz CT molecular complexity index is 358. The highest BCUT2D eigenvalue weighted by Crippen LogP contribution is 2.17. The third-order valence-corrected chi connectivity index (χ3v) is 3.65. The maximum atomic E-state index is 11.3. The molecule has 14 heavy (non-hydrogen) atoms. The Hall–Kier alpha value is 0.0800. The molecule has 0 saturated carbocycles. The number of thiazole rings is 1. The van der Waals surface area contributed by atoms with Crippen LogP contribution in [-0.2, 0) is 10.1 Å². The quantitative estimate of drug-likeness (QED) is 0.483. The Kier molecular flexibility index (Phi) is 4.55. The fourth-order valence-electron chi connectivity index (χ4n) is 0.652. The molecule has 0 saturated heterocycles. The monoisotopic (exact) mass is 271 g/mol. The van der Waals surface area contributed by atoms with Crippen molar-refractivity contribution in [1.82, 2.24) is 4.98 Å². The molecule has 8 heteroatoms. The van der Waals surface area contributed by atoms with Gasteiger partial charge in [0.2, 0.25) is 0 Å². The normalized spacial score (nSPS) is 11.9. The number of hydrogen-bond donors (Lipinski definition) is 2. The van der Waals surface area contributed by atoms with Gasteiger partial charge in [-0.15, -0.1) is 0 Å². The molecule has 0 aliphatic carbocycles. The van der Waals surface area contributed by atoms with E-state index in [0.717, 1.165) is 11.3 Å². The Morgan fingerprint density at radius 2 is 2.29 bits per heavy atom. The second-order valence-electron chi connectivity index (χ2n) is 2.41. The smallest absolute Gasteiger partial charge is 0.311 e. The standard InChI is InChI=1S/C6H9NO3S4/c8-14(9,4-1-5(11)12)10-6-7-2-3-13-6/h2-3,5,11-12H,1,4H2. The van der Waals surface area contributed by atoms with Crippen LogP contribution in [0.15, 0.2) is 11.6 Å². The van der Waals surface area contributed by atoms with Gasteiger partial charge in [-0.3, -0.25) is 0 Å². The van der Waals surface area contributed by atoms with E-state index in [2.05, 4.69) is 30.2 Å². The molecule has 0 aromatic carbocycles. The van der Waals surface area contributed by atoms with Gasteiger partial charge in [-0.25, -0.2) is 4.98 Å². The molecule has 1 rings (SSSR count). The molecule has 1 aromatic heterocycles. The molecule has 0 radical (unpaired) electrons.